The van der Waals surface area contributed by atoms with Gasteiger partial charge >= 0.3 is 0 Å². The Hall–Kier alpha value is -2.20. The van der Waals surface area contributed by atoms with Gasteiger partial charge in [-0.05, 0) is 42.3 Å². The van der Waals surface area contributed by atoms with Gasteiger partial charge in [0.05, 0.1) is 0 Å². The lowest BCUT2D eigenvalue weighted by molar-refractivity contribution is 0.318. The van der Waals surface area contributed by atoms with Crippen LogP contribution in [0.2, 0.25) is 5.02 Å². The minimum absolute atomic E-state index is 0.118. The highest BCUT2D eigenvalue weighted by Gasteiger charge is 2.09. The van der Waals surface area contributed by atoms with E-state index in [0.29, 0.717) is 6.54 Å². The van der Waals surface area contributed by atoms with Crippen molar-refractivity contribution in [1.82, 2.24) is 0 Å². The number of hydrogen-bond donors (Lipinski definition) is 2. The van der Waals surface area contributed by atoms with Crippen LogP contribution in [0.25, 0.3) is 0 Å². The standard InChI is InChI=1S/C16H18ClN3O/c1-11-9-13(7-8-14(11)16(18)19-21)20(2)10-12-5-3-4-6-15(12)17/h3-9,21H,10H2,1-2H3,(H2,18,19). The largest absolute Gasteiger partial charge is 0.409 e. The van der Waals surface area contributed by atoms with Crippen LogP contribution in [0.4, 0.5) is 5.69 Å². The molecule has 0 amide bonds. The number of aryl methyl sites for hydroxylation is 1. The minimum Gasteiger partial charge on any atom is -0.409 e. The summed E-state index contributed by atoms with van der Waals surface area (Å²) in [5.74, 6) is 0.118. The third-order valence-corrected chi connectivity index (χ3v) is 3.77. The first-order valence-electron chi connectivity index (χ1n) is 6.56. The average molecular weight is 304 g/mol. The summed E-state index contributed by atoms with van der Waals surface area (Å²) in [4.78, 5) is 2.10. The fourth-order valence-electron chi connectivity index (χ4n) is 2.20. The van der Waals surface area contributed by atoms with Crippen LogP contribution in [-0.4, -0.2) is 18.1 Å². The van der Waals surface area contributed by atoms with Crippen LogP contribution in [0.1, 0.15) is 16.7 Å². The SMILES string of the molecule is Cc1cc(N(C)Cc2ccccc2Cl)ccc1/C(N)=N/O. The Morgan fingerprint density at radius 1 is 1.29 bits per heavy atom. The molecule has 2 aromatic rings. The molecule has 110 valence electrons. The number of amidine groups is 1. The summed E-state index contributed by atoms with van der Waals surface area (Å²) in [6, 6.07) is 13.6. The Bertz CT molecular complexity index is 670. The molecule has 0 aliphatic carbocycles. The highest BCUT2D eigenvalue weighted by Crippen LogP contribution is 2.22. The summed E-state index contributed by atoms with van der Waals surface area (Å²) in [5.41, 5.74) is 9.43. The van der Waals surface area contributed by atoms with E-state index in [1.54, 1.807) is 0 Å². The van der Waals surface area contributed by atoms with Gasteiger partial charge in [0, 0.05) is 29.9 Å². The van der Waals surface area contributed by atoms with E-state index >= 15 is 0 Å². The van der Waals surface area contributed by atoms with Crippen molar-refractivity contribution in [1.29, 1.82) is 0 Å². The van der Waals surface area contributed by atoms with Crippen molar-refractivity contribution in [3.05, 3.63) is 64.2 Å². The predicted octanol–water partition coefficient (Wildman–Crippen LogP) is 3.38. The molecular weight excluding hydrogens is 286 g/mol. The van der Waals surface area contributed by atoms with Crippen LogP contribution in [-0.2, 0) is 6.54 Å². The molecule has 0 radical (unpaired) electrons. The van der Waals surface area contributed by atoms with Crippen LogP contribution in [0.5, 0.6) is 0 Å². The molecule has 2 aromatic carbocycles. The second kappa shape index (κ2) is 6.50. The second-order valence-corrected chi connectivity index (χ2v) is 5.34. The van der Waals surface area contributed by atoms with Gasteiger partial charge in [0.15, 0.2) is 5.84 Å². The van der Waals surface area contributed by atoms with Gasteiger partial charge in [-0.3, -0.25) is 0 Å². The molecule has 0 spiro atoms. The van der Waals surface area contributed by atoms with Crippen molar-refractivity contribution >= 4 is 23.1 Å². The smallest absolute Gasteiger partial charge is 0.170 e. The molecule has 0 saturated heterocycles. The lowest BCUT2D eigenvalue weighted by atomic mass is 10.1. The third kappa shape index (κ3) is 3.47. The van der Waals surface area contributed by atoms with Crippen LogP contribution < -0.4 is 10.6 Å². The molecule has 21 heavy (non-hydrogen) atoms. The van der Waals surface area contributed by atoms with E-state index in [9.17, 15) is 0 Å². The van der Waals surface area contributed by atoms with Gasteiger partial charge in [-0.15, -0.1) is 0 Å². The maximum Gasteiger partial charge on any atom is 0.170 e. The highest BCUT2D eigenvalue weighted by molar-refractivity contribution is 6.31. The fraction of sp³-hybridized carbons (Fsp3) is 0.188. The van der Waals surface area contributed by atoms with E-state index in [1.165, 1.54) is 0 Å². The van der Waals surface area contributed by atoms with Crippen molar-refractivity contribution in [2.45, 2.75) is 13.5 Å². The Morgan fingerprint density at radius 2 is 2.00 bits per heavy atom. The molecule has 0 aliphatic rings. The molecule has 0 bridgehead atoms. The van der Waals surface area contributed by atoms with E-state index in [4.69, 9.17) is 22.5 Å². The van der Waals surface area contributed by atoms with Gasteiger partial charge in [-0.2, -0.15) is 0 Å². The molecule has 0 atom stereocenters. The molecule has 0 aliphatic heterocycles. The number of rotatable bonds is 4. The molecule has 0 heterocycles. The van der Waals surface area contributed by atoms with Crippen molar-refractivity contribution in [3.63, 3.8) is 0 Å². The summed E-state index contributed by atoms with van der Waals surface area (Å²) in [7, 11) is 2.00. The number of benzene rings is 2. The van der Waals surface area contributed by atoms with Gasteiger partial charge in [0.2, 0.25) is 0 Å². The van der Waals surface area contributed by atoms with E-state index in [-0.39, 0.29) is 5.84 Å². The summed E-state index contributed by atoms with van der Waals surface area (Å²) in [5, 5.41) is 12.5. The van der Waals surface area contributed by atoms with Crippen LogP contribution in [0, 0.1) is 6.92 Å². The molecule has 0 saturated carbocycles. The zero-order valence-corrected chi connectivity index (χ0v) is 12.8. The van der Waals surface area contributed by atoms with Crippen molar-refractivity contribution in [2.75, 3.05) is 11.9 Å². The summed E-state index contributed by atoms with van der Waals surface area (Å²) >= 11 is 6.19. The van der Waals surface area contributed by atoms with Crippen LogP contribution >= 0.6 is 11.6 Å². The summed E-state index contributed by atoms with van der Waals surface area (Å²) in [6.45, 7) is 2.64. The second-order valence-electron chi connectivity index (χ2n) is 4.93. The quantitative estimate of drug-likeness (QED) is 0.394. The molecule has 4 nitrogen and oxygen atoms in total. The number of halogens is 1. The molecule has 2 rings (SSSR count). The molecule has 5 heteroatoms. The summed E-state index contributed by atoms with van der Waals surface area (Å²) < 4.78 is 0. The first-order valence-corrected chi connectivity index (χ1v) is 6.94. The normalized spacial score (nSPS) is 11.5. The lowest BCUT2D eigenvalue weighted by Gasteiger charge is -2.21. The van der Waals surface area contributed by atoms with Crippen molar-refractivity contribution < 1.29 is 5.21 Å². The van der Waals surface area contributed by atoms with Crippen molar-refractivity contribution in [2.24, 2.45) is 10.9 Å². The first kappa shape index (κ1) is 15.2. The Kier molecular flexibility index (Phi) is 4.70. The van der Waals surface area contributed by atoms with Crippen molar-refractivity contribution in [3.8, 4) is 0 Å². The van der Waals surface area contributed by atoms with Gasteiger partial charge in [-0.25, -0.2) is 0 Å². The maximum absolute atomic E-state index is 8.75. The number of anilines is 1. The number of nitrogens with zero attached hydrogens (tertiary/aromatic N) is 2. The monoisotopic (exact) mass is 303 g/mol. The van der Waals surface area contributed by atoms with Gasteiger partial charge < -0.3 is 15.8 Å². The molecule has 0 unspecified atom stereocenters. The Labute approximate surface area is 129 Å². The van der Waals surface area contributed by atoms with Gasteiger partial charge in [0.1, 0.15) is 0 Å². The molecule has 0 aromatic heterocycles. The van der Waals surface area contributed by atoms with Gasteiger partial charge in [0.25, 0.3) is 0 Å². The van der Waals surface area contributed by atoms with Crippen LogP contribution in [0.15, 0.2) is 47.6 Å². The summed E-state index contributed by atoms with van der Waals surface area (Å²) in [6.07, 6.45) is 0. The van der Waals surface area contributed by atoms with Gasteiger partial charge in [-0.1, -0.05) is 35.0 Å². The Balaban J connectivity index is 2.22. The van der Waals surface area contributed by atoms with Crippen LogP contribution in [0.3, 0.4) is 0 Å². The average Bonchev–Trinajstić information content (AvgIpc) is 2.48. The molecule has 0 fully saturated rings. The molecule has 3 N–H and O–H groups in total. The number of oxime groups is 1. The fourth-order valence-corrected chi connectivity index (χ4v) is 2.40. The minimum atomic E-state index is 0.118. The van der Waals surface area contributed by atoms with E-state index in [1.807, 2.05) is 56.4 Å². The number of hydrogen-bond acceptors (Lipinski definition) is 3. The maximum atomic E-state index is 8.75. The Morgan fingerprint density at radius 3 is 2.62 bits per heavy atom. The zero-order chi connectivity index (χ0) is 15.4. The predicted molar refractivity (Wildman–Crippen MR) is 87.2 cm³/mol. The lowest BCUT2D eigenvalue weighted by Crippen LogP contribution is -2.18. The van der Waals surface area contributed by atoms with E-state index in [0.717, 1.165) is 27.4 Å². The zero-order valence-electron chi connectivity index (χ0n) is 12.0. The first-order chi connectivity index (χ1) is 10.0. The number of nitrogens with two attached hydrogens (primary N) is 1. The molecular formula is C16H18ClN3O. The topological polar surface area (TPSA) is 61.8 Å². The highest BCUT2D eigenvalue weighted by atomic mass is 35.5. The van der Waals surface area contributed by atoms with E-state index < -0.39 is 0 Å². The van der Waals surface area contributed by atoms with E-state index in [2.05, 4.69) is 10.1 Å². The third-order valence-electron chi connectivity index (χ3n) is 3.40.